The lowest BCUT2D eigenvalue weighted by Gasteiger charge is -2.32. The zero-order valence-electron chi connectivity index (χ0n) is 14.4. The number of amides is 1. The van der Waals surface area contributed by atoms with E-state index in [1.807, 2.05) is 39.8 Å². The Morgan fingerprint density at radius 1 is 1.21 bits per heavy atom. The number of carbonyl (C=O) groups excluding carboxylic acids is 1. The summed E-state index contributed by atoms with van der Waals surface area (Å²) in [6.07, 6.45) is -0.282. The molecule has 2 N–H and O–H groups in total. The Morgan fingerprint density at radius 2 is 1.83 bits per heavy atom. The average molecular weight is 356 g/mol. The van der Waals surface area contributed by atoms with Crippen LogP contribution in [0.25, 0.3) is 0 Å². The van der Waals surface area contributed by atoms with Gasteiger partial charge in [0.1, 0.15) is 5.75 Å². The maximum atomic E-state index is 10.5. The molecule has 24 heavy (non-hydrogen) atoms. The second-order valence-corrected chi connectivity index (χ2v) is 7.00. The molecular formula is C16H23BClNO5. The predicted molar refractivity (Wildman–Crippen MR) is 92.8 cm³/mol. The molecule has 0 aliphatic carbocycles. The Hall–Kier alpha value is -1.44. The summed E-state index contributed by atoms with van der Waals surface area (Å²) in [6.45, 7) is 8.49. The van der Waals surface area contributed by atoms with Gasteiger partial charge in [-0.2, -0.15) is 0 Å². The summed E-state index contributed by atoms with van der Waals surface area (Å²) in [5, 5.41) is 0.451. The van der Waals surface area contributed by atoms with Crippen molar-refractivity contribution in [2.75, 3.05) is 13.2 Å². The fraction of sp³-hybridized carbons (Fsp3) is 0.562. The van der Waals surface area contributed by atoms with Crippen LogP contribution in [-0.2, 0) is 14.0 Å². The number of rotatable bonds is 6. The van der Waals surface area contributed by atoms with E-state index < -0.39 is 24.4 Å². The SMILES string of the molecule is CC1(C)OB(c2cccc(OCCCOC(N)=O)c2Cl)OC1(C)C. The first-order valence-corrected chi connectivity index (χ1v) is 8.21. The van der Waals surface area contributed by atoms with E-state index in [1.54, 1.807) is 6.07 Å². The van der Waals surface area contributed by atoms with E-state index in [0.29, 0.717) is 23.8 Å². The smallest absolute Gasteiger partial charge is 0.492 e. The van der Waals surface area contributed by atoms with Crippen molar-refractivity contribution in [1.29, 1.82) is 0 Å². The van der Waals surface area contributed by atoms with Gasteiger partial charge >= 0.3 is 13.2 Å². The van der Waals surface area contributed by atoms with E-state index in [0.717, 1.165) is 5.46 Å². The van der Waals surface area contributed by atoms with Crippen molar-refractivity contribution in [2.24, 2.45) is 5.73 Å². The molecule has 0 aromatic heterocycles. The van der Waals surface area contributed by atoms with Crippen molar-refractivity contribution in [3.63, 3.8) is 0 Å². The molecule has 0 saturated carbocycles. The molecule has 1 fully saturated rings. The third-order valence-electron chi connectivity index (χ3n) is 4.29. The molecule has 0 bridgehead atoms. The van der Waals surface area contributed by atoms with Gasteiger partial charge in [0.25, 0.3) is 0 Å². The van der Waals surface area contributed by atoms with Gasteiger partial charge in [0.2, 0.25) is 0 Å². The molecule has 1 aliphatic heterocycles. The van der Waals surface area contributed by atoms with Gasteiger partial charge in [-0.05, 0) is 33.8 Å². The van der Waals surface area contributed by atoms with Crippen molar-refractivity contribution in [3.8, 4) is 5.75 Å². The quantitative estimate of drug-likeness (QED) is 0.626. The van der Waals surface area contributed by atoms with Crippen LogP contribution in [0.4, 0.5) is 4.79 Å². The van der Waals surface area contributed by atoms with Crippen LogP contribution in [0.5, 0.6) is 5.75 Å². The normalized spacial score (nSPS) is 18.5. The first-order valence-electron chi connectivity index (χ1n) is 7.83. The number of carbonyl (C=O) groups is 1. The minimum atomic E-state index is -0.796. The zero-order valence-corrected chi connectivity index (χ0v) is 15.2. The number of nitrogens with two attached hydrogens (primary N) is 1. The van der Waals surface area contributed by atoms with Crippen LogP contribution in [0.2, 0.25) is 5.02 Å². The highest BCUT2D eigenvalue weighted by atomic mass is 35.5. The Labute approximate surface area is 147 Å². The van der Waals surface area contributed by atoms with E-state index in [1.165, 1.54) is 0 Å². The largest absolute Gasteiger partial charge is 0.496 e. The molecule has 6 nitrogen and oxygen atoms in total. The first-order chi connectivity index (χ1) is 11.1. The number of halogens is 1. The number of benzene rings is 1. The highest BCUT2D eigenvalue weighted by Crippen LogP contribution is 2.37. The lowest BCUT2D eigenvalue weighted by Crippen LogP contribution is -2.41. The number of ether oxygens (including phenoxy) is 2. The van der Waals surface area contributed by atoms with Gasteiger partial charge < -0.3 is 24.5 Å². The molecule has 2 rings (SSSR count). The van der Waals surface area contributed by atoms with Crippen LogP contribution < -0.4 is 15.9 Å². The first kappa shape index (κ1) is 18.9. The van der Waals surface area contributed by atoms with Crippen molar-refractivity contribution < 1.29 is 23.6 Å². The fourth-order valence-corrected chi connectivity index (χ4v) is 2.47. The van der Waals surface area contributed by atoms with Crippen LogP contribution in [0.1, 0.15) is 34.1 Å². The highest BCUT2D eigenvalue weighted by molar-refractivity contribution is 6.66. The monoisotopic (exact) mass is 355 g/mol. The van der Waals surface area contributed by atoms with E-state index in [2.05, 4.69) is 4.74 Å². The number of primary amides is 1. The molecule has 0 atom stereocenters. The third-order valence-corrected chi connectivity index (χ3v) is 4.70. The Balaban J connectivity index is 2.02. The van der Waals surface area contributed by atoms with Gasteiger partial charge in [0.05, 0.1) is 29.4 Å². The molecule has 0 unspecified atom stereocenters. The van der Waals surface area contributed by atoms with E-state index in [9.17, 15) is 4.79 Å². The zero-order chi connectivity index (χ0) is 18.0. The van der Waals surface area contributed by atoms with E-state index in [-0.39, 0.29) is 6.61 Å². The lowest BCUT2D eigenvalue weighted by atomic mass is 9.79. The predicted octanol–water partition coefficient (Wildman–Crippen LogP) is 2.50. The molecule has 0 radical (unpaired) electrons. The maximum Gasteiger partial charge on any atom is 0.496 e. The van der Waals surface area contributed by atoms with Gasteiger partial charge in [0.15, 0.2) is 0 Å². The average Bonchev–Trinajstić information content (AvgIpc) is 2.68. The molecule has 1 heterocycles. The highest BCUT2D eigenvalue weighted by Gasteiger charge is 2.52. The molecule has 1 saturated heterocycles. The molecular weight excluding hydrogens is 332 g/mol. The standard InChI is InChI=1S/C16H23BClNO5/c1-15(2)16(3,4)24-17(23-15)11-7-5-8-12(13(11)18)21-9-6-10-22-14(19)20/h5,7-8H,6,9-10H2,1-4H3,(H2,19,20). The Kier molecular flexibility index (Phi) is 5.68. The Bertz CT molecular complexity index is 592. The van der Waals surface area contributed by atoms with E-state index >= 15 is 0 Å². The molecule has 1 aliphatic rings. The van der Waals surface area contributed by atoms with Crippen molar-refractivity contribution in [3.05, 3.63) is 23.2 Å². The summed E-state index contributed by atoms with van der Waals surface area (Å²) in [5.41, 5.74) is 4.73. The van der Waals surface area contributed by atoms with E-state index in [4.69, 9.17) is 31.4 Å². The number of hydrogen-bond donors (Lipinski definition) is 1. The van der Waals surface area contributed by atoms with Gasteiger partial charge in [-0.1, -0.05) is 23.7 Å². The van der Waals surface area contributed by atoms with Crippen LogP contribution in [0, 0.1) is 0 Å². The van der Waals surface area contributed by atoms with Crippen LogP contribution in [-0.4, -0.2) is 37.6 Å². The van der Waals surface area contributed by atoms with Gasteiger partial charge in [-0.15, -0.1) is 0 Å². The topological polar surface area (TPSA) is 80.0 Å². The maximum absolute atomic E-state index is 10.5. The van der Waals surface area contributed by atoms with Gasteiger partial charge in [-0.3, -0.25) is 0 Å². The minimum absolute atomic E-state index is 0.198. The minimum Gasteiger partial charge on any atom is -0.492 e. The third kappa shape index (κ3) is 4.15. The van der Waals surface area contributed by atoms with Crippen molar-refractivity contribution in [2.45, 2.75) is 45.3 Å². The van der Waals surface area contributed by atoms with Gasteiger partial charge in [0, 0.05) is 11.9 Å². The summed E-state index contributed by atoms with van der Waals surface area (Å²) in [4.78, 5) is 10.5. The summed E-state index contributed by atoms with van der Waals surface area (Å²) in [7, 11) is -0.552. The molecule has 0 spiro atoms. The lowest BCUT2D eigenvalue weighted by molar-refractivity contribution is 0.00578. The van der Waals surface area contributed by atoms with Crippen LogP contribution >= 0.6 is 11.6 Å². The van der Waals surface area contributed by atoms with Crippen LogP contribution in [0.3, 0.4) is 0 Å². The molecule has 1 aromatic carbocycles. The van der Waals surface area contributed by atoms with Crippen molar-refractivity contribution in [1.82, 2.24) is 0 Å². The molecule has 132 valence electrons. The van der Waals surface area contributed by atoms with Crippen molar-refractivity contribution >= 4 is 30.3 Å². The fourth-order valence-electron chi connectivity index (χ4n) is 2.21. The molecule has 8 heteroatoms. The Morgan fingerprint density at radius 3 is 2.42 bits per heavy atom. The summed E-state index contributed by atoms with van der Waals surface area (Å²) in [6, 6.07) is 5.46. The summed E-state index contributed by atoms with van der Waals surface area (Å²) in [5.74, 6) is 0.531. The second kappa shape index (κ2) is 7.21. The number of hydrogen-bond acceptors (Lipinski definition) is 5. The molecule has 1 aromatic rings. The molecule has 1 amide bonds. The van der Waals surface area contributed by atoms with Crippen LogP contribution in [0.15, 0.2) is 18.2 Å². The summed E-state index contributed by atoms with van der Waals surface area (Å²) < 4.78 is 22.3. The summed E-state index contributed by atoms with van der Waals surface area (Å²) >= 11 is 6.45. The van der Waals surface area contributed by atoms with Gasteiger partial charge in [-0.25, -0.2) is 4.79 Å². The second-order valence-electron chi connectivity index (χ2n) is 6.62.